The lowest BCUT2D eigenvalue weighted by Gasteiger charge is -2.22. The number of hydrogen-bond acceptors (Lipinski definition) is 4. The Morgan fingerprint density at radius 2 is 2.07 bits per heavy atom. The van der Waals surface area contributed by atoms with Crippen LogP contribution in [0.15, 0.2) is 18.3 Å². The first-order valence-electron chi connectivity index (χ1n) is 4.61. The number of pyridine rings is 1. The van der Waals surface area contributed by atoms with Gasteiger partial charge in [0.2, 0.25) is 0 Å². The lowest BCUT2D eigenvalue weighted by Crippen LogP contribution is -2.33. The molecule has 1 aromatic rings. The van der Waals surface area contributed by atoms with E-state index in [0.29, 0.717) is 5.15 Å². The van der Waals surface area contributed by atoms with Gasteiger partial charge in [0, 0.05) is 26.1 Å². The highest BCUT2D eigenvalue weighted by atomic mass is 35.5. The van der Waals surface area contributed by atoms with Crippen LogP contribution in [0.5, 0.6) is 0 Å². The summed E-state index contributed by atoms with van der Waals surface area (Å²) in [5.41, 5.74) is 0.890. The van der Waals surface area contributed by atoms with Gasteiger partial charge in [-0.2, -0.15) is 0 Å². The van der Waals surface area contributed by atoms with E-state index in [1.165, 1.54) is 0 Å². The number of rotatable bonds is 5. The van der Waals surface area contributed by atoms with E-state index in [0.717, 1.165) is 5.69 Å². The summed E-state index contributed by atoms with van der Waals surface area (Å²) in [6, 6.07) is 3.61. The largest absolute Gasteiger partial charge is 0.377 e. The van der Waals surface area contributed by atoms with Crippen molar-refractivity contribution in [1.29, 1.82) is 0 Å². The summed E-state index contributed by atoms with van der Waals surface area (Å²) in [5.74, 6) is 0. The number of halogens is 1. The zero-order valence-corrected chi connectivity index (χ0v) is 9.78. The Labute approximate surface area is 94.6 Å². The molecule has 1 atom stereocenters. The Hall–Kier alpha value is -0.840. The molecule has 0 saturated heterocycles. The highest BCUT2D eigenvalue weighted by molar-refractivity contribution is 6.29. The maximum absolute atomic E-state index is 5.76. The Bertz CT molecular complexity index is 305. The minimum atomic E-state index is -0.294. The predicted octanol–water partition coefficient (Wildman–Crippen LogP) is 2.15. The van der Waals surface area contributed by atoms with E-state index in [2.05, 4.69) is 10.3 Å². The molecule has 4 nitrogen and oxygen atoms in total. The van der Waals surface area contributed by atoms with Gasteiger partial charge in [-0.3, -0.25) is 0 Å². The van der Waals surface area contributed by atoms with Gasteiger partial charge in [-0.1, -0.05) is 11.6 Å². The van der Waals surface area contributed by atoms with Gasteiger partial charge in [-0.05, 0) is 19.1 Å². The number of anilines is 1. The summed E-state index contributed by atoms with van der Waals surface area (Å²) < 4.78 is 10.3. The first-order chi connectivity index (χ1) is 7.17. The molecule has 0 radical (unpaired) electrons. The van der Waals surface area contributed by atoms with E-state index < -0.39 is 0 Å². The molecule has 0 aliphatic rings. The number of methoxy groups -OCH3 is 2. The quantitative estimate of drug-likeness (QED) is 0.622. The molecule has 15 heavy (non-hydrogen) atoms. The third kappa shape index (κ3) is 3.66. The summed E-state index contributed by atoms with van der Waals surface area (Å²) in [5, 5.41) is 3.67. The van der Waals surface area contributed by atoms with Crippen molar-refractivity contribution >= 4 is 17.3 Å². The Morgan fingerprint density at radius 3 is 2.60 bits per heavy atom. The third-order valence-corrected chi connectivity index (χ3v) is 2.20. The van der Waals surface area contributed by atoms with E-state index in [1.807, 2.05) is 13.0 Å². The molecule has 0 aliphatic heterocycles. The molecule has 1 rings (SSSR count). The van der Waals surface area contributed by atoms with Gasteiger partial charge in [-0.15, -0.1) is 0 Å². The second-order valence-electron chi connectivity index (χ2n) is 3.14. The van der Waals surface area contributed by atoms with Crippen LogP contribution in [0.3, 0.4) is 0 Å². The summed E-state index contributed by atoms with van der Waals surface area (Å²) in [6.45, 7) is 1.96. The van der Waals surface area contributed by atoms with Crippen LogP contribution in [-0.2, 0) is 9.47 Å². The van der Waals surface area contributed by atoms with Crippen molar-refractivity contribution in [2.24, 2.45) is 0 Å². The molecule has 1 heterocycles. The molecular formula is C10H15ClN2O2. The maximum atomic E-state index is 5.76. The minimum absolute atomic E-state index is 0.0264. The zero-order valence-electron chi connectivity index (χ0n) is 9.03. The topological polar surface area (TPSA) is 43.4 Å². The fourth-order valence-electron chi connectivity index (χ4n) is 1.33. The summed E-state index contributed by atoms with van der Waals surface area (Å²) >= 11 is 5.76. The van der Waals surface area contributed by atoms with Crippen LogP contribution in [-0.4, -0.2) is 31.5 Å². The van der Waals surface area contributed by atoms with Gasteiger partial charge in [0.25, 0.3) is 0 Å². The van der Waals surface area contributed by atoms with Crippen LogP contribution in [0.2, 0.25) is 5.15 Å². The van der Waals surface area contributed by atoms with Crippen molar-refractivity contribution in [3.05, 3.63) is 23.5 Å². The van der Waals surface area contributed by atoms with Gasteiger partial charge < -0.3 is 14.8 Å². The molecule has 0 aliphatic carbocycles. The van der Waals surface area contributed by atoms with Crippen LogP contribution < -0.4 is 5.32 Å². The summed E-state index contributed by atoms with van der Waals surface area (Å²) in [4.78, 5) is 3.90. The second-order valence-corrected chi connectivity index (χ2v) is 3.53. The standard InChI is InChI=1S/C10H15ClN2O2/c1-7(10(14-2)15-3)13-8-4-5-12-9(11)6-8/h4-7,10H,1-3H3,(H,12,13). The van der Waals surface area contributed by atoms with E-state index in [1.54, 1.807) is 26.5 Å². The van der Waals surface area contributed by atoms with Gasteiger partial charge in [0.05, 0.1) is 6.04 Å². The van der Waals surface area contributed by atoms with Gasteiger partial charge >= 0.3 is 0 Å². The molecule has 1 unspecified atom stereocenters. The average molecular weight is 231 g/mol. The molecule has 0 bridgehead atoms. The zero-order chi connectivity index (χ0) is 11.3. The first-order valence-corrected chi connectivity index (χ1v) is 4.99. The number of nitrogens with zero attached hydrogens (tertiary/aromatic N) is 1. The molecule has 1 N–H and O–H groups in total. The molecule has 0 fully saturated rings. The SMILES string of the molecule is COC(OC)C(C)Nc1ccnc(Cl)c1. The lowest BCUT2D eigenvalue weighted by atomic mass is 10.3. The van der Waals surface area contributed by atoms with Crippen molar-refractivity contribution in [1.82, 2.24) is 4.98 Å². The van der Waals surface area contributed by atoms with Crippen molar-refractivity contribution in [3.63, 3.8) is 0 Å². The molecule has 0 saturated carbocycles. The molecule has 0 spiro atoms. The van der Waals surface area contributed by atoms with Crippen LogP contribution >= 0.6 is 11.6 Å². The fraction of sp³-hybridized carbons (Fsp3) is 0.500. The van der Waals surface area contributed by atoms with Crippen molar-refractivity contribution < 1.29 is 9.47 Å². The maximum Gasteiger partial charge on any atom is 0.176 e. The van der Waals surface area contributed by atoms with Gasteiger partial charge in [-0.25, -0.2) is 4.98 Å². The molecular weight excluding hydrogens is 216 g/mol. The van der Waals surface area contributed by atoms with Crippen molar-refractivity contribution in [2.45, 2.75) is 19.3 Å². The Morgan fingerprint density at radius 1 is 1.40 bits per heavy atom. The number of nitrogens with one attached hydrogen (secondary N) is 1. The van der Waals surface area contributed by atoms with E-state index in [4.69, 9.17) is 21.1 Å². The summed E-state index contributed by atoms with van der Waals surface area (Å²) in [7, 11) is 3.21. The normalized spacial score (nSPS) is 12.9. The lowest BCUT2D eigenvalue weighted by molar-refractivity contribution is -0.109. The van der Waals surface area contributed by atoms with E-state index in [9.17, 15) is 0 Å². The molecule has 84 valence electrons. The Balaban J connectivity index is 2.61. The van der Waals surface area contributed by atoms with E-state index in [-0.39, 0.29) is 12.3 Å². The number of hydrogen-bond donors (Lipinski definition) is 1. The second kappa shape index (κ2) is 5.90. The smallest absolute Gasteiger partial charge is 0.176 e. The van der Waals surface area contributed by atoms with Crippen LogP contribution in [0, 0.1) is 0 Å². The van der Waals surface area contributed by atoms with Crippen LogP contribution in [0.25, 0.3) is 0 Å². The van der Waals surface area contributed by atoms with Crippen LogP contribution in [0.4, 0.5) is 5.69 Å². The number of ether oxygens (including phenoxy) is 2. The fourth-order valence-corrected chi connectivity index (χ4v) is 1.50. The van der Waals surface area contributed by atoms with Crippen LogP contribution in [0.1, 0.15) is 6.92 Å². The highest BCUT2D eigenvalue weighted by Crippen LogP contribution is 2.14. The molecule has 0 amide bonds. The van der Waals surface area contributed by atoms with Gasteiger partial charge in [0.15, 0.2) is 6.29 Å². The van der Waals surface area contributed by atoms with Gasteiger partial charge in [0.1, 0.15) is 5.15 Å². The van der Waals surface area contributed by atoms with Crippen molar-refractivity contribution in [2.75, 3.05) is 19.5 Å². The van der Waals surface area contributed by atoms with Crippen molar-refractivity contribution in [3.8, 4) is 0 Å². The third-order valence-electron chi connectivity index (χ3n) is 1.99. The summed E-state index contributed by atoms with van der Waals surface area (Å²) in [6.07, 6.45) is 1.35. The molecule has 5 heteroatoms. The average Bonchev–Trinajstić information content (AvgIpc) is 2.19. The number of aromatic nitrogens is 1. The molecule has 0 aromatic carbocycles. The monoisotopic (exact) mass is 230 g/mol. The first kappa shape index (κ1) is 12.2. The molecule has 1 aromatic heterocycles. The van der Waals surface area contributed by atoms with E-state index >= 15 is 0 Å². The Kier molecular flexibility index (Phi) is 4.81. The highest BCUT2D eigenvalue weighted by Gasteiger charge is 2.15. The predicted molar refractivity (Wildman–Crippen MR) is 60.1 cm³/mol. The minimum Gasteiger partial charge on any atom is -0.377 e.